The van der Waals surface area contributed by atoms with Crippen LogP contribution in [0.5, 0.6) is 0 Å². The van der Waals surface area contributed by atoms with E-state index in [0.29, 0.717) is 57.3 Å². The van der Waals surface area contributed by atoms with Crippen LogP contribution in [0.25, 0.3) is 10.9 Å². The molecule has 42 heavy (non-hydrogen) atoms. The molecule has 2 aromatic heterocycles. The number of benzene rings is 1. The maximum absolute atomic E-state index is 13.4. The molecule has 3 aromatic rings. The molecule has 1 aliphatic heterocycles. The lowest BCUT2D eigenvalue weighted by Gasteiger charge is -2.38. The lowest BCUT2D eigenvalue weighted by Crippen LogP contribution is -2.49. The Labute approximate surface area is 248 Å². The number of carbonyl (C=O) groups excluding carboxylic acids is 1. The molecule has 0 radical (unpaired) electrons. The normalized spacial score (nSPS) is 14.5. The number of aromatic amines is 1. The van der Waals surface area contributed by atoms with E-state index >= 15 is 0 Å². The summed E-state index contributed by atoms with van der Waals surface area (Å²) in [6.45, 7) is 11.1. The predicted molar refractivity (Wildman–Crippen MR) is 167 cm³/mol. The molecule has 0 saturated carbocycles. The van der Waals surface area contributed by atoms with Gasteiger partial charge in [-0.15, -0.1) is 0 Å². The highest BCUT2D eigenvalue weighted by atomic mass is 32.2. The smallest absolute Gasteiger partial charge is 0.332 e. The number of anilines is 3. The first-order chi connectivity index (χ1) is 19.9. The molecule has 0 spiro atoms. The fourth-order valence-corrected chi connectivity index (χ4v) is 7.26. The molecule has 0 atom stereocenters. The van der Waals surface area contributed by atoms with Crippen molar-refractivity contribution in [2.75, 3.05) is 72.9 Å². The van der Waals surface area contributed by atoms with Crippen LogP contribution in [0.2, 0.25) is 0 Å². The molecule has 12 nitrogen and oxygen atoms in total. The number of nitrogens with zero attached hydrogens (tertiary/aromatic N) is 4. The van der Waals surface area contributed by atoms with Crippen molar-refractivity contribution in [1.82, 2.24) is 14.9 Å². The lowest BCUT2D eigenvalue weighted by atomic mass is 10.2. The van der Waals surface area contributed by atoms with Crippen LogP contribution in [-0.4, -0.2) is 93.6 Å². The molecule has 14 heteroatoms. The zero-order chi connectivity index (χ0) is 30.5. The molecule has 1 aliphatic rings. The Bertz CT molecular complexity index is 1530. The first-order valence-corrected chi connectivity index (χ1v) is 17.8. The second-order valence-electron chi connectivity index (χ2n) is 10.4. The maximum atomic E-state index is 13.4. The molecule has 1 aromatic carbocycles. The molecule has 0 aliphatic carbocycles. The van der Waals surface area contributed by atoms with Gasteiger partial charge < -0.3 is 28.7 Å². The van der Waals surface area contributed by atoms with Crippen LogP contribution < -0.4 is 14.5 Å². The fraction of sp³-hybridized carbons (Fsp3) is 0.500. The van der Waals surface area contributed by atoms with E-state index < -0.39 is 17.6 Å². The highest BCUT2D eigenvalue weighted by Crippen LogP contribution is 2.48. The van der Waals surface area contributed by atoms with Crippen molar-refractivity contribution in [3.8, 4) is 0 Å². The van der Waals surface area contributed by atoms with E-state index in [1.807, 2.05) is 26.0 Å². The Balaban J connectivity index is 1.45. The summed E-state index contributed by atoms with van der Waals surface area (Å²) >= 11 is 0. The lowest BCUT2D eigenvalue weighted by molar-refractivity contribution is 0.0741. The number of pyridine rings is 1. The van der Waals surface area contributed by atoms with Crippen molar-refractivity contribution in [3.05, 3.63) is 48.3 Å². The standard InChI is InChI=1S/C28H41N6O6PS/c1-6-39-41(36,40-7-2)18-17-34(21(3)4)26-9-8-12-29-27(26)32-13-15-33(16-14-32)28(35)25-20-22-19-23(31-42(5,37)38)10-11-24(22)30-25/h8-12,19-21,30-31H,6-7,13-18H2,1-5H3. The summed E-state index contributed by atoms with van der Waals surface area (Å²) in [7, 11) is -6.61. The summed E-state index contributed by atoms with van der Waals surface area (Å²) in [6.07, 6.45) is 3.12. The maximum Gasteiger partial charge on any atom is 0.332 e. The van der Waals surface area contributed by atoms with E-state index in [1.165, 1.54) is 0 Å². The van der Waals surface area contributed by atoms with Crippen LogP contribution in [0.1, 0.15) is 38.2 Å². The molecule has 230 valence electrons. The van der Waals surface area contributed by atoms with Gasteiger partial charge in [0.15, 0.2) is 5.82 Å². The number of piperazine rings is 1. The van der Waals surface area contributed by atoms with Crippen LogP contribution in [0, 0.1) is 0 Å². The third-order valence-electron chi connectivity index (χ3n) is 6.99. The zero-order valence-electron chi connectivity index (χ0n) is 24.9. The number of amides is 1. The Morgan fingerprint density at radius 2 is 1.81 bits per heavy atom. The summed E-state index contributed by atoms with van der Waals surface area (Å²) in [5.41, 5.74) is 2.58. The average Bonchev–Trinajstić information content (AvgIpc) is 3.36. The number of carbonyl (C=O) groups is 1. The zero-order valence-corrected chi connectivity index (χ0v) is 26.6. The monoisotopic (exact) mass is 620 g/mol. The van der Waals surface area contributed by atoms with Gasteiger partial charge in [-0.2, -0.15) is 0 Å². The van der Waals surface area contributed by atoms with Gasteiger partial charge in [-0.1, -0.05) is 0 Å². The highest BCUT2D eigenvalue weighted by Gasteiger charge is 2.29. The number of fused-ring (bicyclic) bond motifs is 1. The molecular weight excluding hydrogens is 579 g/mol. The summed E-state index contributed by atoms with van der Waals surface area (Å²) in [6, 6.07) is 10.9. The van der Waals surface area contributed by atoms with Gasteiger partial charge in [0.05, 0.1) is 31.3 Å². The van der Waals surface area contributed by atoms with Gasteiger partial charge in [0.25, 0.3) is 5.91 Å². The Morgan fingerprint density at radius 1 is 1.12 bits per heavy atom. The first kappa shape index (κ1) is 31.8. The van der Waals surface area contributed by atoms with E-state index in [1.54, 1.807) is 35.4 Å². The molecule has 0 bridgehead atoms. The van der Waals surface area contributed by atoms with E-state index in [4.69, 9.17) is 14.0 Å². The van der Waals surface area contributed by atoms with Crippen LogP contribution >= 0.6 is 7.60 Å². The Hall–Kier alpha value is -3.12. The van der Waals surface area contributed by atoms with Crippen molar-refractivity contribution < 1.29 is 26.8 Å². The minimum absolute atomic E-state index is 0.114. The summed E-state index contributed by atoms with van der Waals surface area (Å²) in [5, 5.41) is 0.746. The summed E-state index contributed by atoms with van der Waals surface area (Å²) in [4.78, 5) is 27.4. The molecule has 1 amide bonds. The van der Waals surface area contributed by atoms with Gasteiger partial charge in [0.1, 0.15) is 5.69 Å². The molecule has 2 N–H and O–H groups in total. The van der Waals surface area contributed by atoms with Crippen LogP contribution in [-0.2, 0) is 23.6 Å². The van der Waals surface area contributed by atoms with Crippen LogP contribution in [0.4, 0.5) is 17.2 Å². The molecule has 1 fully saturated rings. The second-order valence-corrected chi connectivity index (χ2v) is 14.4. The van der Waals surface area contributed by atoms with Crippen molar-refractivity contribution in [2.24, 2.45) is 0 Å². The van der Waals surface area contributed by atoms with Gasteiger partial charge >= 0.3 is 7.60 Å². The van der Waals surface area contributed by atoms with Gasteiger partial charge in [-0.25, -0.2) is 13.4 Å². The van der Waals surface area contributed by atoms with Gasteiger partial charge in [-0.3, -0.25) is 14.1 Å². The third kappa shape index (κ3) is 7.83. The molecule has 1 saturated heterocycles. The average molecular weight is 621 g/mol. The van der Waals surface area contributed by atoms with Crippen LogP contribution in [0.3, 0.4) is 0 Å². The van der Waals surface area contributed by atoms with Gasteiger partial charge in [0.2, 0.25) is 10.0 Å². The van der Waals surface area contributed by atoms with E-state index in [0.717, 1.165) is 28.7 Å². The minimum atomic E-state index is -3.40. The topological polar surface area (TPSA) is 137 Å². The number of aromatic nitrogens is 2. The molecule has 3 heterocycles. The fourth-order valence-electron chi connectivity index (χ4n) is 5.12. The quantitative estimate of drug-likeness (QED) is 0.267. The first-order valence-electron chi connectivity index (χ1n) is 14.2. The van der Waals surface area contributed by atoms with Crippen LogP contribution in [0.15, 0.2) is 42.6 Å². The van der Waals surface area contributed by atoms with Crippen molar-refractivity contribution in [2.45, 2.75) is 33.7 Å². The minimum Gasteiger partial charge on any atom is -0.365 e. The molecule has 0 unspecified atom stereocenters. The van der Waals surface area contributed by atoms with Crippen molar-refractivity contribution >= 4 is 51.6 Å². The molecule has 4 rings (SSSR count). The number of hydrogen-bond acceptors (Lipinski definition) is 9. The second kappa shape index (κ2) is 13.5. The molecular formula is C28H41N6O6PS. The number of H-pyrrole nitrogens is 1. The Kier molecular flexibility index (Phi) is 10.2. The van der Waals surface area contributed by atoms with Crippen molar-refractivity contribution in [3.63, 3.8) is 0 Å². The SMILES string of the molecule is CCOP(=O)(CCN(c1cccnc1N1CCN(C(=O)c2cc3cc(NS(C)(=O)=O)ccc3[nH]2)CC1)C(C)C)OCC. The van der Waals surface area contributed by atoms with E-state index in [-0.39, 0.29) is 18.1 Å². The predicted octanol–water partition coefficient (Wildman–Crippen LogP) is 4.38. The van der Waals surface area contributed by atoms with Crippen molar-refractivity contribution in [1.29, 1.82) is 0 Å². The van der Waals surface area contributed by atoms with Gasteiger partial charge in [-0.05, 0) is 64.1 Å². The Morgan fingerprint density at radius 3 is 2.43 bits per heavy atom. The summed E-state index contributed by atoms with van der Waals surface area (Å²) < 4.78 is 49.8. The largest absolute Gasteiger partial charge is 0.365 e. The number of rotatable bonds is 13. The number of nitrogens with one attached hydrogen (secondary N) is 2. The van der Waals surface area contributed by atoms with E-state index in [9.17, 15) is 17.8 Å². The summed E-state index contributed by atoms with van der Waals surface area (Å²) in [5.74, 6) is 0.702. The van der Waals surface area contributed by atoms with Gasteiger partial charge in [0, 0.05) is 61.6 Å². The number of hydrogen-bond donors (Lipinski definition) is 2. The highest BCUT2D eigenvalue weighted by molar-refractivity contribution is 7.92. The third-order valence-corrected chi connectivity index (χ3v) is 9.64. The van der Waals surface area contributed by atoms with E-state index in [2.05, 4.69) is 33.4 Å². The number of sulfonamides is 1.